The number of rotatable bonds is 8. The van der Waals surface area contributed by atoms with Gasteiger partial charge in [0, 0.05) is 18.8 Å². The van der Waals surface area contributed by atoms with Crippen LogP contribution in [0.5, 0.6) is 5.75 Å². The monoisotopic (exact) mass is 418 g/mol. The van der Waals surface area contributed by atoms with Crippen LogP contribution in [0.2, 0.25) is 0 Å². The van der Waals surface area contributed by atoms with Crippen LogP contribution in [-0.2, 0) is 19.6 Å². The highest BCUT2D eigenvalue weighted by Crippen LogP contribution is 2.18. The maximum absolute atomic E-state index is 12.4. The third-order valence-electron chi connectivity index (χ3n) is 4.82. The topological polar surface area (TPSA) is 93.7 Å². The molecule has 0 radical (unpaired) electrons. The second kappa shape index (κ2) is 9.39. The number of ether oxygens (including phenoxy) is 2. The molecule has 2 aromatic rings. The lowest BCUT2D eigenvalue weighted by atomic mass is 10.1. The van der Waals surface area contributed by atoms with Gasteiger partial charge in [-0.25, -0.2) is 13.1 Å². The van der Waals surface area contributed by atoms with Crippen molar-refractivity contribution < 1.29 is 22.7 Å². The van der Waals surface area contributed by atoms with E-state index >= 15 is 0 Å². The van der Waals surface area contributed by atoms with E-state index < -0.39 is 10.0 Å². The lowest BCUT2D eigenvalue weighted by molar-refractivity contribution is -0.118. The summed E-state index contributed by atoms with van der Waals surface area (Å²) in [7, 11) is -3.61. The average molecular weight is 419 g/mol. The lowest BCUT2D eigenvalue weighted by Crippen LogP contribution is -2.31. The Morgan fingerprint density at radius 3 is 2.55 bits per heavy atom. The zero-order chi connectivity index (χ0) is 20.9. The molecular formula is C21H26N2O5S. The van der Waals surface area contributed by atoms with E-state index in [4.69, 9.17) is 9.47 Å². The van der Waals surface area contributed by atoms with Crippen LogP contribution in [0.4, 0.5) is 5.69 Å². The van der Waals surface area contributed by atoms with Crippen molar-refractivity contribution in [1.29, 1.82) is 0 Å². The summed E-state index contributed by atoms with van der Waals surface area (Å²) in [4.78, 5) is 12.2. The Bertz CT molecular complexity index is 952. The van der Waals surface area contributed by atoms with Crippen LogP contribution in [0.1, 0.15) is 24.0 Å². The number of carbonyl (C=O) groups excluding carboxylic acids is 1. The minimum Gasteiger partial charge on any atom is -0.484 e. The predicted octanol–water partition coefficient (Wildman–Crippen LogP) is 2.78. The molecule has 7 nitrogen and oxygen atoms in total. The standard InChI is InChI=1S/C21H26N2O5S/c1-15-5-8-18(12-16(15)2)28-14-21(24)23-17-6-9-20(10-7-17)29(25,26)22-13-19-4-3-11-27-19/h5-10,12,19,22H,3-4,11,13-14H2,1-2H3,(H,23,24). The van der Waals surface area contributed by atoms with Gasteiger partial charge in [-0.3, -0.25) is 4.79 Å². The smallest absolute Gasteiger partial charge is 0.262 e. The summed E-state index contributed by atoms with van der Waals surface area (Å²) < 4.78 is 38.2. The zero-order valence-electron chi connectivity index (χ0n) is 16.6. The van der Waals surface area contributed by atoms with E-state index in [9.17, 15) is 13.2 Å². The Balaban J connectivity index is 1.51. The van der Waals surface area contributed by atoms with Gasteiger partial charge in [0.2, 0.25) is 10.0 Å². The molecule has 0 spiro atoms. The van der Waals surface area contributed by atoms with Gasteiger partial charge in [-0.15, -0.1) is 0 Å². The summed E-state index contributed by atoms with van der Waals surface area (Å²) >= 11 is 0. The molecule has 1 atom stereocenters. The minimum atomic E-state index is -3.61. The summed E-state index contributed by atoms with van der Waals surface area (Å²) in [5.74, 6) is 0.303. The van der Waals surface area contributed by atoms with Gasteiger partial charge in [-0.1, -0.05) is 6.07 Å². The van der Waals surface area contributed by atoms with E-state index in [1.807, 2.05) is 32.0 Å². The molecule has 1 aliphatic heterocycles. The second-order valence-electron chi connectivity index (χ2n) is 7.09. The molecule has 1 fully saturated rings. The number of benzene rings is 2. The Kier molecular flexibility index (Phi) is 6.89. The SMILES string of the molecule is Cc1ccc(OCC(=O)Nc2ccc(S(=O)(=O)NCC3CCCO3)cc2)cc1C. The van der Waals surface area contributed by atoms with Crippen LogP contribution in [-0.4, -0.2) is 40.2 Å². The fraction of sp³-hybridized carbons (Fsp3) is 0.381. The van der Waals surface area contributed by atoms with Crippen LogP contribution in [0.25, 0.3) is 0 Å². The van der Waals surface area contributed by atoms with E-state index in [1.54, 1.807) is 12.1 Å². The van der Waals surface area contributed by atoms with Crippen molar-refractivity contribution in [3.63, 3.8) is 0 Å². The number of aryl methyl sites for hydroxylation is 2. The molecule has 2 N–H and O–H groups in total. The fourth-order valence-corrected chi connectivity index (χ4v) is 4.02. The zero-order valence-corrected chi connectivity index (χ0v) is 17.4. The molecule has 0 aliphatic carbocycles. The first-order valence-corrected chi connectivity index (χ1v) is 11.0. The van der Waals surface area contributed by atoms with Crippen molar-refractivity contribution in [2.45, 2.75) is 37.7 Å². The van der Waals surface area contributed by atoms with Gasteiger partial charge in [0.1, 0.15) is 5.75 Å². The molecule has 1 amide bonds. The Hall–Kier alpha value is -2.42. The van der Waals surface area contributed by atoms with Gasteiger partial charge in [0.25, 0.3) is 5.91 Å². The third-order valence-corrected chi connectivity index (χ3v) is 6.26. The molecule has 1 unspecified atom stereocenters. The highest BCUT2D eigenvalue weighted by Gasteiger charge is 2.20. The van der Waals surface area contributed by atoms with E-state index in [1.165, 1.54) is 12.1 Å². The number of carbonyl (C=O) groups is 1. The van der Waals surface area contributed by atoms with Gasteiger partial charge in [-0.05, 0) is 74.2 Å². The molecule has 156 valence electrons. The van der Waals surface area contributed by atoms with Crippen molar-refractivity contribution >= 4 is 21.6 Å². The van der Waals surface area contributed by atoms with E-state index in [-0.39, 0.29) is 30.1 Å². The molecule has 3 rings (SSSR count). The van der Waals surface area contributed by atoms with E-state index in [0.29, 0.717) is 18.0 Å². The van der Waals surface area contributed by atoms with E-state index in [2.05, 4.69) is 10.0 Å². The van der Waals surface area contributed by atoms with Crippen molar-refractivity contribution in [3.05, 3.63) is 53.6 Å². The molecule has 0 bridgehead atoms. The van der Waals surface area contributed by atoms with Crippen molar-refractivity contribution in [3.8, 4) is 5.75 Å². The van der Waals surface area contributed by atoms with E-state index in [0.717, 1.165) is 24.0 Å². The summed E-state index contributed by atoms with van der Waals surface area (Å²) in [6.07, 6.45) is 1.74. The predicted molar refractivity (Wildman–Crippen MR) is 111 cm³/mol. The van der Waals surface area contributed by atoms with Crippen molar-refractivity contribution in [2.75, 3.05) is 25.1 Å². The highest BCUT2D eigenvalue weighted by molar-refractivity contribution is 7.89. The summed E-state index contributed by atoms with van der Waals surface area (Å²) in [6.45, 7) is 4.79. The average Bonchev–Trinajstić information content (AvgIpc) is 3.22. The lowest BCUT2D eigenvalue weighted by Gasteiger charge is -2.12. The van der Waals surface area contributed by atoms with Crippen molar-refractivity contribution in [1.82, 2.24) is 4.72 Å². The van der Waals surface area contributed by atoms with Crippen LogP contribution >= 0.6 is 0 Å². The van der Waals surface area contributed by atoms with Gasteiger partial charge < -0.3 is 14.8 Å². The first-order chi connectivity index (χ1) is 13.8. The maximum Gasteiger partial charge on any atom is 0.262 e. The van der Waals surface area contributed by atoms with Crippen LogP contribution in [0, 0.1) is 13.8 Å². The van der Waals surface area contributed by atoms with Crippen LogP contribution < -0.4 is 14.8 Å². The number of hydrogen-bond acceptors (Lipinski definition) is 5. The third kappa shape index (κ3) is 6.03. The molecular weight excluding hydrogens is 392 g/mol. The summed E-state index contributed by atoms with van der Waals surface area (Å²) in [5, 5.41) is 2.69. The molecule has 0 aromatic heterocycles. The fourth-order valence-electron chi connectivity index (χ4n) is 2.96. The molecule has 1 saturated heterocycles. The largest absolute Gasteiger partial charge is 0.484 e. The second-order valence-corrected chi connectivity index (χ2v) is 8.86. The molecule has 0 saturated carbocycles. The van der Waals surface area contributed by atoms with Gasteiger partial charge in [0.15, 0.2) is 6.61 Å². The first-order valence-electron chi connectivity index (χ1n) is 9.55. The number of amides is 1. The maximum atomic E-state index is 12.4. The summed E-state index contributed by atoms with van der Waals surface area (Å²) in [6, 6.07) is 11.7. The number of hydrogen-bond donors (Lipinski definition) is 2. The molecule has 29 heavy (non-hydrogen) atoms. The Morgan fingerprint density at radius 2 is 1.90 bits per heavy atom. The Morgan fingerprint density at radius 1 is 1.14 bits per heavy atom. The van der Waals surface area contributed by atoms with Gasteiger partial charge in [-0.2, -0.15) is 0 Å². The normalized spacial score (nSPS) is 16.6. The highest BCUT2D eigenvalue weighted by atomic mass is 32.2. The first kappa shape index (κ1) is 21.3. The molecule has 1 heterocycles. The molecule has 2 aromatic carbocycles. The Labute approximate surface area is 171 Å². The number of nitrogens with one attached hydrogen (secondary N) is 2. The number of anilines is 1. The van der Waals surface area contributed by atoms with Gasteiger partial charge >= 0.3 is 0 Å². The van der Waals surface area contributed by atoms with Gasteiger partial charge in [0.05, 0.1) is 11.0 Å². The van der Waals surface area contributed by atoms with Crippen molar-refractivity contribution in [2.24, 2.45) is 0 Å². The number of sulfonamides is 1. The summed E-state index contributed by atoms with van der Waals surface area (Å²) in [5.41, 5.74) is 2.74. The quantitative estimate of drug-likeness (QED) is 0.688. The molecule has 1 aliphatic rings. The molecule has 8 heteroatoms. The van der Waals surface area contributed by atoms with Crippen LogP contribution in [0.15, 0.2) is 47.4 Å². The minimum absolute atomic E-state index is 0.0688. The van der Waals surface area contributed by atoms with Crippen LogP contribution in [0.3, 0.4) is 0 Å².